The van der Waals surface area contributed by atoms with Gasteiger partial charge in [0.25, 0.3) is 0 Å². The van der Waals surface area contributed by atoms with E-state index in [9.17, 15) is 4.79 Å². The number of carbonyl (C=O) groups is 1. The van der Waals surface area contributed by atoms with Crippen LogP contribution in [0.25, 0.3) is 0 Å². The Balaban J connectivity index is 2.05. The summed E-state index contributed by atoms with van der Waals surface area (Å²) in [5, 5.41) is 2.89. The van der Waals surface area contributed by atoms with Crippen LogP contribution in [0.15, 0.2) is 54.6 Å². The molecule has 1 amide bonds. The molecule has 4 heteroatoms. The summed E-state index contributed by atoms with van der Waals surface area (Å²) in [5.74, 6) is -0.0968. The fraction of sp³-hybridized carbons (Fsp3) is 0.176. The zero-order chi connectivity index (χ0) is 15.2. The van der Waals surface area contributed by atoms with Crippen LogP contribution in [-0.2, 0) is 11.2 Å². The van der Waals surface area contributed by atoms with Crippen molar-refractivity contribution in [3.8, 4) is 0 Å². The lowest BCUT2D eigenvalue weighted by Gasteiger charge is -2.18. The summed E-state index contributed by atoms with van der Waals surface area (Å²) in [4.78, 5) is 12.4. The predicted molar refractivity (Wildman–Crippen MR) is 89.0 cm³/mol. The van der Waals surface area contributed by atoms with Crippen molar-refractivity contribution in [3.05, 3.63) is 71.3 Å². The monoisotopic (exact) mass is 298 g/mol. The van der Waals surface area contributed by atoms with Crippen LogP contribution in [-0.4, -0.2) is 10.9 Å². The Bertz CT molecular complexity index is 623. The highest BCUT2D eigenvalue weighted by atomic mass is 32.1. The highest BCUT2D eigenvalue weighted by Gasteiger charge is 2.17. The number of hydrogen-bond acceptors (Lipinski definition) is 2. The second-order valence-electron chi connectivity index (χ2n) is 4.98. The van der Waals surface area contributed by atoms with Gasteiger partial charge < -0.3 is 11.1 Å². The lowest BCUT2D eigenvalue weighted by Crippen LogP contribution is -2.37. The smallest absolute Gasteiger partial charge is 0.225 e. The lowest BCUT2D eigenvalue weighted by molar-refractivity contribution is -0.120. The number of thiocarbonyl (C=S) groups is 1. The zero-order valence-corrected chi connectivity index (χ0v) is 12.7. The molecule has 0 saturated carbocycles. The molecule has 0 spiro atoms. The fourth-order valence-electron chi connectivity index (χ4n) is 2.07. The Labute approximate surface area is 130 Å². The average molecular weight is 298 g/mol. The van der Waals surface area contributed by atoms with E-state index in [-0.39, 0.29) is 10.9 Å². The Morgan fingerprint density at radius 3 is 2.33 bits per heavy atom. The summed E-state index contributed by atoms with van der Waals surface area (Å²) in [7, 11) is 0. The molecule has 2 rings (SSSR count). The van der Waals surface area contributed by atoms with E-state index in [4.69, 9.17) is 18.0 Å². The first-order valence-corrected chi connectivity index (χ1v) is 7.16. The molecule has 0 radical (unpaired) electrons. The van der Waals surface area contributed by atoms with Gasteiger partial charge >= 0.3 is 0 Å². The fourth-order valence-corrected chi connectivity index (χ4v) is 2.26. The van der Waals surface area contributed by atoms with Gasteiger partial charge in [-0.2, -0.15) is 0 Å². The summed E-state index contributed by atoms with van der Waals surface area (Å²) in [6.07, 6.45) is 0.312. The molecule has 0 aliphatic heterocycles. The van der Waals surface area contributed by atoms with Crippen molar-refractivity contribution in [3.63, 3.8) is 0 Å². The number of nitrogens with two attached hydrogens (primary N) is 1. The van der Waals surface area contributed by atoms with Crippen LogP contribution in [0.4, 0.5) is 0 Å². The second kappa shape index (κ2) is 6.99. The first kappa shape index (κ1) is 15.2. The van der Waals surface area contributed by atoms with Crippen molar-refractivity contribution in [2.75, 3.05) is 0 Å². The molecule has 108 valence electrons. The summed E-state index contributed by atoms with van der Waals surface area (Å²) in [5.41, 5.74) is 8.77. The zero-order valence-electron chi connectivity index (χ0n) is 11.9. The third-order valence-electron chi connectivity index (χ3n) is 3.21. The molecule has 0 aliphatic carbocycles. The largest absolute Gasteiger partial charge is 0.391 e. The number of hydrogen-bond donors (Lipinski definition) is 2. The summed E-state index contributed by atoms with van der Waals surface area (Å²) >= 11 is 5.06. The van der Waals surface area contributed by atoms with Crippen molar-refractivity contribution in [1.29, 1.82) is 0 Å². The molecule has 21 heavy (non-hydrogen) atoms. The van der Waals surface area contributed by atoms with E-state index in [1.165, 1.54) is 5.56 Å². The standard InChI is InChI=1S/C17H18N2OS/c1-12-7-9-13(10-8-12)11-15(20)19-16(17(18)21)14-5-3-2-4-6-14/h2-10,16H,11H2,1H3,(H2,18,21)(H,19,20). The maximum absolute atomic E-state index is 12.2. The van der Waals surface area contributed by atoms with Crippen LogP contribution in [0.3, 0.4) is 0 Å². The van der Waals surface area contributed by atoms with Crippen LogP contribution in [0.5, 0.6) is 0 Å². The highest BCUT2D eigenvalue weighted by Crippen LogP contribution is 2.13. The molecule has 0 heterocycles. The molecule has 0 aliphatic rings. The van der Waals surface area contributed by atoms with E-state index < -0.39 is 6.04 Å². The molecule has 0 saturated heterocycles. The third kappa shape index (κ3) is 4.39. The van der Waals surface area contributed by atoms with Gasteiger partial charge in [-0.25, -0.2) is 0 Å². The molecule has 0 fully saturated rings. The normalized spacial score (nSPS) is 11.7. The van der Waals surface area contributed by atoms with Gasteiger partial charge in [-0.3, -0.25) is 4.79 Å². The van der Waals surface area contributed by atoms with E-state index in [1.54, 1.807) is 0 Å². The second-order valence-corrected chi connectivity index (χ2v) is 5.45. The molecular formula is C17H18N2OS. The van der Waals surface area contributed by atoms with E-state index in [1.807, 2.05) is 61.5 Å². The molecule has 0 aromatic heterocycles. The minimum Gasteiger partial charge on any atom is -0.391 e. The van der Waals surface area contributed by atoms with Gasteiger partial charge in [0.05, 0.1) is 6.42 Å². The van der Waals surface area contributed by atoms with Crippen LogP contribution < -0.4 is 11.1 Å². The predicted octanol–water partition coefficient (Wildman–Crippen LogP) is 2.68. The quantitative estimate of drug-likeness (QED) is 0.835. The van der Waals surface area contributed by atoms with Gasteiger partial charge in [0, 0.05) is 0 Å². The molecule has 0 bridgehead atoms. The first-order valence-electron chi connectivity index (χ1n) is 6.75. The lowest BCUT2D eigenvalue weighted by atomic mass is 10.1. The molecule has 2 aromatic rings. The van der Waals surface area contributed by atoms with Crippen molar-refractivity contribution in [1.82, 2.24) is 5.32 Å². The molecule has 1 unspecified atom stereocenters. The number of carbonyl (C=O) groups excluding carboxylic acids is 1. The van der Waals surface area contributed by atoms with Crippen LogP contribution >= 0.6 is 12.2 Å². The Morgan fingerprint density at radius 2 is 1.76 bits per heavy atom. The van der Waals surface area contributed by atoms with Crippen LogP contribution in [0.1, 0.15) is 22.7 Å². The van der Waals surface area contributed by atoms with Crippen molar-refractivity contribution < 1.29 is 4.79 Å². The number of nitrogens with one attached hydrogen (secondary N) is 1. The number of rotatable bonds is 5. The maximum atomic E-state index is 12.2. The van der Waals surface area contributed by atoms with Crippen molar-refractivity contribution >= 4 is 23.1 Å². The summed E-state index contributed by atoms with van der Waals surface area (Å²) in [6, 6.07) is 17.0. The maximum Gasteiger partial charge on any atom is 0.225 e. The van der Waals surface area contributed by atoms with E-state index in [0.717, 1.165) is 11.1 Å². The number of aryl methyl sites for hydroxylation is 1. The molecular weight excluding hydrogens is 280 g/mol. The van der Waals surface area contributed by atoms with Crippen molar-refractivity contribution in [2.24, 2.45) is 5.73 Å². The minimum atomic E-state index is -0.431. The van der Waals surface area contributed by atoms with Crippen molar-refractivity contribution in [2.45, 2.75) is 19.4 Å². The van der Waals surface area contributed by atoms with E-state index in [0.29, 0.717) is 6.42 Å². The molecule has 3 nitrogen and oxygen atoms in total. The Morgan fingerprint density at radius 1 is 1.14 bits per heavy atom. The van der Waals surface area contributed by atoms with Gasteiger partial charge in [-0.05, 0) is 18.1 Å². The van der Waals surface area contributed by atoms with Crippen LogP contribution in [0, 0.1) is 6.92 Å². The SMILES string of the molecule is Cc1ccc(CC(=O)NC(C(N)=S)c2ccccc2)cc1. The van der Waals surface area contributed by atoms with E-state index >= 15 is 0 Å². The van der Waals surface area contributed by atoms with Crippen LogP contribution in [0.2, 0.25) is 0 Å². The van der Waals surface area contributed by atoms with Gasteiger partial charge in [-0.15, -0.1) is 0 Å². The molecule has 1 atom stereocenters. The number of benzene rings is 2. The van der Waals surface area contributed by atoms with Gasteiger partial charge in [0.15, 0.2) is 0 Å². The number of amides is 1. The van der Waals surface area contributed by atoms with Gasteiger partial charge in [0.2, 0.25) is 5.91 Å². The Hall–Kier alpha value is -2.20. The minimum absolute atomic E-state index is 0.0968. The van der Waals surface area contributed by atoms with Gasteiger partial charge in [0.1, 0.15) is 11.0 Å². The third-order valence-corrected chi connectivity index (χ3v) is 3.44. The summed E-state index contributed by atoms with van der Waals surface area (Å²) in [6.45, 7) is 2.02. The molecule has 2 aromatic carbocycles. The summed E-state index contributed by atoms with van der Waals surface area (Å²) < 4.78 is 0. The Kier molecular flexibility index (Phi) is 5.06. The van der Waals surface area contributed by atoms with E-state index in [2.05, 4.69) is 5.32 Å². The average Bonchev–Trinajstić information content (AvgIpc) is 2.48. The highest BCUT2D eigenvalue weighted by molar-refractivity contribution is 7.80. The first-order chi connectivity index (χ1) is 10.1. The van der Waals surface area contributed by atoms with Gasteiger partial charge in [-0.1, -0.05) is 72.4 Å². The molecule has 3 N–H and O–H groups in total. The topological polar surface area (TPSA) is 55.1 Å².